The first kappa shape index (κ1) is 18.5. The molecule has 4 nitrogen and oxygen atoms in total. The lowest BCUT2D eigenvalue weighted by atomic mass is 10.1. The summed E-state index contributed by atoms with van der Waals surface area (Å²) in [6, 6.07) is 9.69. The second-order valence-corrected chi connectivity index (χ2v) is 5.37. The van der Waals surface area contributed by atoms with Gasteiger partial charge in [0.2, 0.25) is 5.78 Å². The van der Waals surface area contributed by atoms with Crippen molar-refractivity contribution in [3.63, 3.8) is 0 Å². The van der Waals surface area contributed by atoms with Crippen LogP contribution in [0.25, 0.3) is 5.76 Å². The van der Waals surface area contributed by atoms with Crippen molar-refractivity contribution < 1.29 is 27.9 Å². The molecule has 1 amide bonds. The van der Waals surface area contributed by atoms with Crippen LogP contribution in [0.15, 0.2) is 54.6 Å². The summed E-state index contributed by atoms with van der Waals surface area (Å²) in [4.78, 5) is 23.6. The molecule has 0 aromatic heterocycles. The van der Waals surface area contributed by atoms with E-state index in [-0.39, 0.29) is 11.3 Å². The average Bonchev–Trinajstić information content (AvgIpc) is 2.54. The molecule has 0 atom stereocenters. The minimum absolute atomic E-state index is 0.187. The second-order valence-electron chi connectivity index (χ2n) is 4.93. The smallest absolute Gasteiger partial charge is 0.416 e. The third kappa shape index (κ3) is 5.09. The fraction of sp³-hybridized carbons (Fsp3) is 0.0588. The van der Waals surface area contributed by atoms with Gasteiger partial charge < -0.3 is 10.4 Å². The van der Waals surface area contributed by atoms with E-state index in [1.165, 1.54) is 30.3 Å². The summed E-state index contributed by atoms with van der Waals surface area (Å²) in [7, 11) is 0. The molecular formula is C17H11ClF3NO3. The lowest BCUT2D eigenvalue weighted by Crippen LogP contribution is -2.21. The van der Waals surface area contributed by atoms with E-state index in [1.807, 2.05) is 0 Å². The Bertz CT molecular complexity index is 830. The van der Waals surface area contributed by atoms with Crippen LogP contribution < -0.4 is 5.32 Å². The average molecular weight is 370 g/mol. The van der Waals surface area contributed by atoms with Crippen LogP contribution in [-0.4, -0.2) is 16.8 Å². The number of carbonyl (C=O) groups excluding carboxylic acids is 2. The van der Waals surface area contributed by atoms with E-state index >= 15 is 0 Å². The Hall–Kier alpha value is -2.80. The molecule has 0 saturated heterocycles. The molecule has 25 heavy (non-hydrogen) atoms. The first-order chi connectivity index (χ1) is 11.7. The number of carbonyl (C=O) groups is 2. The molecule has 0 aliphatic rings. The maximum Gasteiger partial charge on any atom is 0.416 e. The first-order valence-electron chi connectivity index (χ1n) is 6.86. The standard InChI is InChI=1S/C17H11ClF3NO3/c18-12-6-4-10(5-7-12)14(23)9-15(24)16(25)22-13-3-1-2-11(8-13)17(19,20)21/h1-9,23H,(H,22,25)/b14-9-. The number of hydrogen-bond acceptors (Lipinski definition) is 3. The van der Waals surface area contributed by atoms with Crippen molar-refractivity contribution in [2.24, 2.45) is 0 Å². The van der Waals surface area contributed by atoms with Gasteiger partial charge in [-0.05, 0) is 42.5 Å². The highest BCUT2D eigenvalue weighted by Crippen LogP contribution is 2.30. The number of amides is 1. The Labute approximate surface area is 145 Å². The number of ketones is 1. The molecule has 0 aliphatic heterocycles. The predicted octanol–water partition coefficient (Wildman–Crippen LogP) is 4.47. The Morgan fingerprint density at radius 2 is 1.72 bits per heavy atom. The first-order valence-corrected chi connectivity index (χ1v) is 7.24. The van der Waals surface area contributed by atoms with Gasteiger partial charge in [-0.15, -0.1) is 0 Å². The van der Waals surface area contributed by atoms with Crippen LogP contribution in [0.5, 0.6) is 0 Å². The Kier molecular flexibility index (Phi) is 5.48. The summed E-state index contributed by atoms with van der Waals surface area (Å²) >= 11 is 5.70. The van der Waals surface area contributed by atoms with Crippen molar-refractivity contribution in [3.05, 3.63) is 70.8 Å². The second kappa shape index (κ2) is 7.40. The fourth-order valence-corrected chi connectivity index (χ4v) is 1.99. The normalized spacial score (nSPS) is 11.9. The van der Waals surface area contributed by atoms with Gasteiger partial charge in [0.15, 0.2) is 0 Å². The molecule has 2 rings (SSSR count). The molecular weight excluding hydrogens is 359 g/mol. The van der Waals surface area contributed by atoms with E-state index in [0.29, 0.717) is 17.2 Å². The van der Waals surface area contributed by atoms with Gasteiger partial charge in [0.1, 0.15) is 5.76 Å². The van der Waals surface area contributed by atoms with Crippen molar-refractivity contribution in [2.75, 3.05) is 5.32 Å². The number of aliphatic hydroxyl groups is 1. The highest BCUT2D eigenvalue weighted by molar-refractivity contribution is 6.45. The van der Waals surface area contributed by atoms with Gasteiger partial charge in [-0.1, -0.05) is 17.7 Å². The topological polar surface area (TPSA) is 66.4 Å². The van der Waals surface area contributed by atoms with Gasteiger partial charge in [0.05, 0.1) is 5.56 Å². The molecule has 0 aliphatic carbocycles. The molecule has 2 aromatic carbocycles. The molecule has 0 heterocycles. The van der Waals surface area contributed by atoms with Crippen molar-refractivity contribution in [1.82, 2.24) is 0 Å². The van der Waals surface area contributed by atoms with Crippen molar-refractivity contribution in [2.45, 2.75) is 6.18 Å². The molecule has 2 aromatic rings. The number of anilines is 1. The Morgan fingerprint density at radius 1 is 1.08 bits per heavy atom. The fourth-order valence-electron chi connectivity index (χ4n) is 1.86. The number of hydrogen-bond donors (Lipinski definition) is 2. The highest BCUT2D eigenvalue weighted by atomic mass is 35.5. The molecule has 0 radical (unpaired) electrons. The molecule has 0 unspecified atom stereocenters. The third-order valence-corrected chi connectivity index (χ3v) is 3.33. The zero-order chi connectivity index (χ0) is 18.6. The number of aliphatic hydroxyl groups excluding tert-OH is 1. The van der Waals surface area contributed by atoms with E-state index in [0.717, 1.165) is 12.1 Å². The SMILES string of the molecule is O=C(/C=C(\O)c1ccc(Cl)cc1)C(=O)Nc1cccc(C(F)(F)F)c1. The molecule has 2 N–H and O–H groups in total. The van der Waals surface area contributed by atoms with Crippen LogP contribution in [0, 0.1) is 0 Å². The van der Waals surface area contributed by atoms with Crippen LogP contribution in [-0.2, 0) is 15.8 Å². The molecule has 0 saturated carbocycles. The van der Waals surface area contributed by atoms with Gasteiger partial charge in [-0.3, -0.25) is 9.59 Å². The Balaban J connectivity index is 2.11. The lowest BCUT2D eigenvalue weighted by Gasteiger charge is -2.09. The summed E-state index contributed by atoms with van der Waals surface area (Å²) < 4.78 is 37.9. The summed E-state index contributed by atoms with van der Waals surface area (Å²) in [5.41, 5.74) is -0.894. The number of rotatable bonds is 4. The molecule has 0 spiro atoms. The van der Waals surface area contributed by atoms with Gasteiger partial charge in [0.25, 0.3) is 5.91 Å². The van der Waals surface area contributed by atoms with Crippen LogP contribution in [0.4, 0.5) is 18.9 Å². The molecule has 8 heteroatoms. The number of benzene rings is 2. The monoisotopic (exact) mass is 369 g/mol. The zero-order valence-electron chi connectivity index (χ0n) is 12.5. The summed E-state index contributed by atoms with van der Waals surface area (Å²) in [6.07, 6.45) is -3.90. The van der Waals surface area contributed by atoms with E-state index in [1.54, 1.807) is 0 Å². The van der Waals surface area contributed by atoms with Crippen LogP contribution >= 0.6 is 11.6 Å². The number of nitrogens with one attached hydrogen (secondary N) is 1. The van der Waals surface area contributed by atoms with Crippen LogP contribution in [0.1, 0.15) is 11.1 Å². The highest BCUT2D eigenvalue weighted by Gasteiger charge is 2.30. The summed E-state index contributed by atoms with van der Waals surface area (Å²) in [6.45, 7) is 0. The van der Waals surface area contributed by atoms with Gasteiger partial charge in [-0.25, -0.2) is 0 Å². The van der Waals surface area contributed by atoms with Gasteiger partial charge in [-0.2, -0.15) is 13.2 Å². The number of alkyl halides is 3. The summed E-state index contributed by atoms with van der Waals surface area (Å²) in [5.74, 6) is -2.77. The predicted molar refractivity (Wildman–Crippen MR) is 87.1 cm³/mol. The minimum Gasteiger partial charge on any atom is -0.507 e. The minimum atomic E-state index is -4.57. The molecule has 130 valence electrons. The van der Waals surface area contributed by atoms with Crippen molar-refractivity contribution in [3.8, 4) is 0 Å². The lowest BCUT2D eigenvalue weighted by molar-refractivity contribution is -0.137. The van der Waals surface area contributed by atoms with Crippen LogP contribution in [0.2, 0.25) is 5.02 Å². The third-order valence-electron chi connectivity index (χ3n) is 3.08. The zero-order valence-corrected chi connectivity index (χ0v) is 13.2. The molecule has 0 bridgehead atoms. The van der Waals surface area contributed by atoms with Gasteiger partial charge >= 0.3 is 6.18 Å². The van der Waals surface area contributed by atoms with Crippen LogP contribution in [0.3, 0.4) is 0 Å². The van der Waals surface area contributed by atoms with E-state index in [9.17, 15) is 27.9 Å². The Morgan fingerprint density at radius 3 is 2.32 bits per heavy atom. The molecule has 0 fully saturated rings. The summed E-state index contributed by atoms with van der Waals surface area (Å²) in [5, 5.41) is 12.3. The van der Waals surface area contributed by atoms with E-state index in [4.69, 9.17) is 11.6 Å². The van der Waals surface area contributed by atoms with Gasteiger partial charge in [0, 0.05) is 22.3 Å². The van der Waals surface area contributed by atoms with Crippen molar-refractivity contribution in [1.29, 1.82) is 0 Å². The van der Waals surface area contributed by atoms with E-state index < -0.39 is 29.2 Å². The number of halogens is 4. The largest absolute Gasteiger partial charge is 0.507 e. The maximum absolute atomic E-state index is 12.6. The van der Waals surface area contributed by atoms with Crippen molar-refractivity contribution >= 4 is 34.7 Å². The quantitative estimate of drug-likeness (QED) is 0.475. The van der Waals surface area contributed by atoms with E-state index in [2.05, 4.69) is 5.32 Å². The maximum atomic E-state index is 12.6.